The second-order valence-electron chi connectivity index (χ2n) is 5.00. The molecule has 0 spiro atoms. The molecule has 1 radical (unpaired) electrons. The molecule has 19 heavy (non-hydrogen) atoms. The average Bonchev–Trinajstić information content (AvgIpc) is 2.39. The van der Waals surface area contributed by atoms with Crippen molar-refractivity contribution in [3.05, 3.63) is 65.7 Å². The Hall–Kier alpha value is -2.29. The molecule has 3 heteroatoms. The summed E-state index contributed by atoms with van der Waals surface area (Å²) < 4.78 is 0. The van der Waals surface area contributed by atoms with Gasteiger partial charge in [-0.15, -0.1) is 0 Å². The Morgan fingerprint density at radius 2 is 1.89 bits per heavy atom. The maximum atomic E-state index is 12.2. The summed E-state index contributed by atoms with van der Waals surface area (Å²) in [5.74, 6) is -0.155. The smallest absolute Gasteiger partial charge is 0.252 e. The Morgan fingerprint density at radius 3 is 2.53 bits per heavy atom. The summed E-state index contributed by atoms with van der Waals surface area (Å²) in [6, 6.07) is 17.6. The number of rotatable bonds is 3. The molecule has 0 aromatic heterocycles. The van der Waals surface area contributed by atoms with Gasteiger partial charge in [-0.05, 0) is 43.7 Å². The number of nitrogen functional groups attached to an aromatic ring is 1. The van der Waals surface area contributed by atoms with Crippen LogP contribution in [0.4, 0.5) is 5.69 Å². The molecule has 2 rings (SSSR count). The highest BCUT2D eigenvalue weighted by atomic mass is 16.1. The number of carbonyl (C=O) groups is 1. The monoisotopic (exact) mass is 253 g/mol. The van der Waals surface area contributed by atoms with Gasteiger partial charge in [0.05, 0.1) is 5.54 Å². The molecule has 0 aliphatic rings. The number of anilines is 1. The van der Waals surface area contributed by atoms with E-state index < -0.39 is 5.54 Å². The molecule has 2 aromatic rings. The van der Waals surface area contributed by atoms with Crippen molar-refractivity contribution in [2.45, 2.75) is 19.4 Å². The number of hydrogen-bond donors (Lipinski definition) is 2. The Morgan fingerprint density at radius 1 is 1.21 bits per heavy atom. The zero-order chi connectivity index (χ0) is 13.9. The summed E-state index contributed by atoms with van der Waals surface area (Å²) in [4.78, 5) is 12.2. The summed E-state index contributed by atoms with van der Waals surface area (Å²) in [7, 11) is 0. The lowest BCUT2D eigenvalue weighted by molar-refractivity contribution is 0.0912. The summed E-state index contributed by atoms with van der Waals surface area (Å²) in [5.41, 5.74) is 7.32. The van der Waals surface area contributed by atoms with E-state index in [2.05, 4.69) is 11.4 Å². The van der Waals surface area contributed by atoms with Gasteiger partial charge < -0.3 is 11.1 Å². The van der Waals surface area contributed by atoms with Crippen molar-refractivity contribution in [3.8, 4) is 0 Å². The molecule has 0 saturated carbocycles. The molecule has 0 aliphatic carbocycles. The summed E-state index contributed by atoms with van der Waals surface area (Å²) in [6.45, 7) is 3.94. The van der Waals surface area contributed by atoms with Gasteiger partial charge in [0.25, 0.3) is 5.91 Å². The van der Waals surface area contributed by atoms with Crippen LogP contribution < -0.4 is 11.1 Å². The van der Waals surface area contributed by atoms with Gasteiger partial charge in [-0.2, -0.15) is 0 Å². The minimum absolute atomic E-state index is 0.155. The van der Waals surface area contributed by atoms with E-state index >= 15 is 0 Å². The van der Waals surface area contributed by atoms with Crippen LogP contribution in [0.2, 0.25) is 0 Å². The van der Waals surface area contributed by atoms with Gasteiger partial charge in [0, 0.05) is 11.3 Å². The Kier molecular flexibility index (Phi) is 3.56. The van der Waals surface area contributed by atoms with Crippen molar-refractivity contribution in [2.24, 2.45) is 0 Å². The van der Waals surface area contributed by atoms with Crippen LogP contribution >= 0.6 is 0 Å². The van der Waals surface area contributed by atoms with Gasteiger partial charge >= 0.3 is 0 Å². The number of carbonyl (C=O) groups excluding carboxylic acids is 1. The molecule has 0 aliphatic heterocycles. The van der Waals surface area contributed by atoms with Crippen LogP contribution in [-0.2, 0) is 5.54 Å². The van der Waals surface area contributed by atoms with E-state index in [4.69, 9.17) is 5.73 Å². The SMILES string of the molecule is CC(C)(NC(=O)c1c[c]cc(N)c1)c1ccccc1. The molecule has 0 fully saturated rings. The predicted molar refractivity (Wildman–Crippen MR) is 76.6 cm³/mol. The third kappa shape index (κ3) is 3.13. The van der Waals surface area contributed by atoms with Crippen LogP contribution in [0, 0.1) is 6.07 Å². The van der Waals surface area contributed by atoms with E-state index in [-0.39, 0.29) is 5.91 Å². The lowest BCUT2D eigenvalue weighted by Crippen LogP contribution is -2.40. The lowest BCUT2D eigenvalue weighted by Gasteiger charge is -2.27. The number of amides is 1. The Bertz CT molecular complexity index is 576. The van der Waals surface area contributed by atoms with Crippen LogP contribution in [0.15, 0.2) is 48.5 Å². The first-order valence-corrected chi connectivity index (χ1v) is 6.14. The van der Waals surface area contributed by atoms with E-state index in [1.54, 1.807) is 18.2 Å². The zero-order valence-electron chi connectivity index (χ0n) is 11.1. The molecule has 0 heterocycles. The van der Waals surface area contributed by atoms with Gasteiger partial charge in [0.15, 0.2) is 0 Å². The van der Waals surface area contributed by atoms with Crippen LogP contribution in [-0.4, -0.2) is 5.91 Å². The molecule has 0 atom stereocenters. The quantitative estimate of drug-likeness (QED) is 0.826. The predicted octanol–water partition coefficient (Wildman–Crippen LogP) is 2.73. The van der Waals surface area contributed by atoms with E-state index in [1.807, 2.05) is 44.2 Å². The van der Waals surface area contributed by atoms with E-state index in [1.165, 1.54) is 0 Å². The Labute approximate surface area is 113 Å². The first-order chi connectivity index (χ1) is 8.99. The highest BCUT2D eigenvalue weighted by molar-refractivity contribution is 5.95. The normalized spacial score (nSPS) is 11.1. The minimum Gasteiger partial charge on any atom is -0.399 e. The van der Waals surface area contributed by atoms with Crippen molar-refractivity contribution in [3.63, 3.8) is 0 Å². The summed E-state index contributed by atoms with van der Waals surface area (Å²) in [5, 5.41) is 3.00. The maximum absolute atomic E-state index is 12.2. The number of nitrogens with two attached hydrogens (primary N) is 1. The molecule has 0 unspecified atom stereocenters. The molecule has 0 bridgehead atoms. The number of benzene rings is 2. The Balaban J connectivity index is 2.19. The van der Waals surface area contributed by atoms with Crippen LogP contribution in [0.1, 0.15) is 29.8 Å². The lowest BCUT2D eigenvalue weighted by atomic mass is 9.94. The van der Waals surface area contributed by atoms with Gasteiger partial charge in [-0.1, -0.05) is 30.3 Å². The summed E-state index contributed by atoms with van der Waals surface area (Å²) >= 11 is 0. The summed E-state index contributed by atoms with van der Waals surface area (Å²) in [6.07, 6.45) is 0. The van der Waals surface area contributed by atoms with Crippen LogP contribution in [0.25, 0.3) is 0 Å². The highest BCUT2D eigenvalue weighted by Gasteiger charge is 2.23. The number of nitrogens with one attached hydrogen (secondary N) is 1. The fraction of sp³-hybridized carbons (Fsp3) is 0.188. The molecule has 97 valence electrons. The molecule has 1 amide bonds. The standard InChI is InChI=1S/C16H17N2O/c1-16(2,13-8-4-3-5-9-13)18-15(19)12-7-6-10-14(17)11-12/h3-5,7-11H,17H2,1-2H3,(H,18,19). The van der Waals surface area contributed by atoms with Gasteiger partial charge in [-0.25, -0.2) is 0 Å². The van der Waals surface area contributed by atoms with Crippen LogP contribution in [0.3, 0.4) is 0 Å². The van der Waals surface area contributed by atoms with Crippen molar-refractivity contribution < 1.29 is 4.79 Å². The fourth-order valence-corrected chi connectivity index (χ4v) is 1.90. The third-order valence-electron chi connectivity index (χ3n) is 2.99. The van der Waals surface area contributed by atoms with Crippen LogP contribution in [0.5, 0.6) is 0 Å². The van der Waals surface area contributed by atoms with E-state index in [0.29, 0.717) is 11.3 Å². The molecule has 3 nitrogen and oxygen atoms in total. The zero-order valence-corrected chi connectivity index (χ0v) is 11.1. The largest absolute Gasteiger partial charge is 0.399 e. The third-order valence-corrected chi connectivity index (χ3v) is 2.99. The van der Waals surface area contributed by atoms with Crippen molar-refractivity contribution >= 4 is 11.6 Å². The van der Waals surface area contributed by atoms with Gasteiger partial charge in [-0.3, -0.25) is 4.79 Å². The molecular weight excluding hydrogens is 236 g/mol. The van der Waals surface area contributed by atoms with E-state index in [0.717, 1.165) is 5.56 Å². The maximum Gasteiger partial charge on any atom is 0.252 e. The van der Waals surface area contributed by atoms with Crippen molar-refractivity contribution in [1.82, 2.24) is 5.32 Å². The highest BCUT2D eigenvalue weighted by Crippen LogP contribution is 2.20. The molecular formula is C16H17N2O. The minimum atomic E-state index is -0.442. The van der Waals surface area contributed by atoms with Crippen molar-refractivity contribution in [2.75, 3.05) is 5.73 Å². The molecule has 2 aromatic carbocycles. The first kappa shape index (κ1) is 13.1. The number of hydrogen-bond acceptors (Lipinski definition) is 2. The average molecular weight is 253 g/mol. The topological polar surface area (TPSA) is 55.1 Å². The second-order valence-corrected chi connectivity index (χ2v) is 5.00. The molecule has 0 saturated heterocycles. The van der Waals surface area contributed by atoms with Gasteiger partial charge in [0.1, 0.15) is 0 Å². The van der Waals surface area contributed by atoms with Crippen molar-refractivity contribution in [1.29, 1.82) is 0 Å². The van der Waals surface area contributed by atoms with E-state index in [9.17, 15) is 4.79 Å². The molecule has 3 N–H and O–H groups in total. The first-order valence-electron chi connectivity index (χ1n) is 6.14. The van der Waals surface area contributed by atoms with Gasteiger partial charge in [0.2, 0.25) is 0 Å². The second kappa shape index (κ2) is 5.14. The fourth-order valence-electron chi connectivity index (χ4n) is 1.90.